The van der Waals surface area contributed by atoms with Gasteiger partial charge in [0.25, 0.3) is 0 Å². The molecule has 1 aliphatic carbocycles. The first kappa shape index (κ1) is 18.7. The molecule has 2 amide bonds. The van der Waals surface area contributed by atoms with Crippen LogP contribution in [0.3, 0.4) is 0 Å². The summed E-state index contributed by atoms with van der Waals surface area (Å²) in [7, 11) is 0. The highest BCUT2D eigenvalue weighted by molar-refractivity contribution is 5.74. The number of carbonyl (C=O) groups is 1. The average Bonchev–Trinajstić information content (AvgIpc) is 2.58. The van der Waals surface area contributed by atoms with Crippen molar-refractivity contribution < 1.29 is 9.90 Å². The van der Waals surface area contributed by atoms with Gasteiger partial charge in [0.05, 0.1) is 6.61 Å². The van der Waals surface area contributed by atoms with Crippen molar-refractivity contribution >= 4 is 6.03 Å². The summed E-state index contributed by atoms with van der Waals surface area (Å²) < 4.78 is 0. The second-order valence-corrected chi connectivity index (χ2v) is 6.72. The number of hydrogen-bond acceptors (Lipinski definition) is 3. The number of nitrogens with zero attached hydrogens (tertiary/aromatic N) is 2. The number of urea groups is 1. The van der Waals surface area contributed by atoms with Gasteiger partial charge in [-0.3, -0.25) is 4.98 Å². The molecular weight excluding hydrogens is 302 g/mol. The largest absolute Gasteiger partial charge is 0.395 e. The molecule has 2 N–H and O–H groups in total. The van der Waals surface area contributed by atoms with Crippen LogP contribution in [0.1, 0.15) is 56.9 Å². The van der Waals surface area contributed by atoms with Crippen LogP contribution in [0, 0.1) is 5.92 Å². The van der Waals surface area contributed by atoms with Crippen LogP contribution in [0.25, 0.3) is 0 Å². The number of carbonyl (C=O) groups excluding carboxylic acids is 1. The predicted octanol–water partition coefficient (Wildman–Crippen LogP) is 3.34. The summed E-state index contributed by atoms with van der Waals surface area (Å²) in [5.41, 5.74) is 1.03. The number of aliphatic hydroxyl groups excluding tert-OH is 1. The van der Waals surface area contributed by atoms with Crippen molar-refractivity contribution in [1.82, 2.24) is 15.2 Å². The van der Waals surface area contributed by atoms with Crippen molar-refractivity contribution in [2.75, 3.05) is 19.7 Å². The zero-order valence-electron chi connectivity index (χ0n) is 14.6. The monoisotopic (exact) mass is 333 g/mol. The minimum Gasteiger partial charge on any atom is -0.395 e. The maximum Gasteiger partial charge on any atom is 0.317 e. The number of aromatic nitrogens is 1. The van der Waals surface area contributed by atoms with Crippen LogP contribution >= 0.6 is 0 Å². The zero-order chi connectivity index (χ0) is 17.0. The molecule has 0 radical (unpaired) electrons. The Hall–Kier alpha value is -1.62. The number of rotatable bonds is 7. The number of nitrogens with one attached hydrogen (secondary N) is 1. The first-order valence-electron chi connectivity index (χ1n) is 9.32. The number of amides is 2. The molecule has 1 heterocycles. The summed E-state index contributed by atoms with van der Waals surface area (Å²) in [6.07, 6.45) is 13.8. The lowest BCUT2D eigenvalue weighted by molar-refractivity contribution is 0.170. The summed E-state index contributed by atoms with van der Waals surface area (Å²) in [6.45, 7) is 1.63. The van der Waals surface area contributed by atoms with Gasteiger partial charge in [0.1, 0.15) is 0 Å². The zero-order valence-corrected chi connectivity index (χ0v) is 14.6. The van der Waals surface area contributed by atoms with Crippen LogP contribution in [0.4, 0.5) is 4.79 Å². The molecule has 5 heteroatoms. The molecule has 1 aromatic heterocycles. The van der Waals surface area contributed by atoms with Gasteiger partial charge < -0.3 is 15.3 Å². The Morgan fingerprint density at radius 1 is 1.12 bits per heavy atom. The van der Waals surface area contributed by atoms with Gasteiger partial charge in [-0.05, 0) is 30.0 Å². The fourth-order valence-corrected chi connectivity index (χ4v) is 3.39. The Morgan fingerprint density at radius 3 is 2.46 bits per heavy atom. The van der Waals surface area contributed by atoms with E-state index >= 15 is 0 Å². The molecule has 2 rings (SSSR count). The van der Waals surface area contributed by atoms with Crippen LogP contribution in [-0.4, -0.2) is 40.7 Å². The van der Waals surface area contributed by atoms with E-state index in [1.165, 1.54) is 44.9 Å². The van der Waals surface area contributed by atoms with E-state index in [1.807, 2.05) is 12.1 Å². The van der Waals surface area contributed by atoms with Crippen LogP contribution in [0.15, 0.2) is 24.5 Å². The Balaban J connectivity index is 1.77. The minimum absolute atomic E-state index is 0.00729. The molecule has 0 aliphatic heterocycles. The molecule has 0 bridgehead atoms. The van der Waals surface area contributed by atoms with E-state index in [2.05, 4.69) is 10.3 Å². The van der Waals surface area contributed by atoms with Gasteiger partial charge in [-0.1, -0.05) is 44.9 Å². The van der Waals surface area contributed by atoms with Crippen LogP contribution < -0.4 is 5.32 Å². The fourth-order valence-electron chi connectivity index (χ4n) is 3.39. The van der Waals surface area contributed by atoms with Gasteiger partial charge in [0.2, 0.25) is 0 Å². The standard InChI is InChI=1S/C19H31N3O2/c23-15-14-22(13-10-17-6-4-2-1-3-5-7-17)19(24)21-16-18-8-11-20-12-9-18/h8-9,11-12,17,23H,1-7,10,13-16H2,(H,21,24). The maximum absolute atomic E-state index is 12.4. The second-order valence-electron chi connectivity index (χ2n) is 6.72. The normalized spacial score (nSPS) is 16.2. The van der Waals surface area contributed by atoms with E-state index in [9.17, 15) is 9.90 Å². The van der Waals surface area contributed by atoms with E-state index in [0.29, 0.717) is 13.1 Å². The average molecular weight is 333 g/mol. The summed E-state index contributed by atoms with van der Waals surface area (Å²) >= 11 is 0. The smallest absolute Gasteiger partial charge is 0.317 e. The van der Waals surface area contributed by atoms with Crippen molar-refractivity contribution in [3.05, 3.63) is 30.1 Å². The molecule has 1 aliphatic rings. The van der Waals surface area contributed by atoms with Crippen LogP contribution in [0.2, 0.25) is 0 Å². The van der Waals surface area contributed by atoms with Gasteiger partial charge in [-0.2, -0.15) is 0 Å². The highest BCUT2D eigenvalue weighted by Crippen LogP contribution is 2.24. The quantitative estimate of drug-likeness (QED) is 0.804. The molecular formula is C19H31N3O2. The van der Waals surface area contributed by atoms with Crippen LogP contribution in [0.5, 0.6) is 0 Å². The van der Waals surface area contributed by atoms with Crippen molar-refractivity contribution in [2.45, 2.75) is 57.9 Å². The van der Waals surface area contributed by atoms with E-state index in [1.54, 1.807) is 17.3 Å². The molecule has 0 unspecified atom stereocenters. The number of aliphatic hydroxyl groups is 1. The fraction of sp³-hybridized carbons (Fsp3) is 0.684. The highest BCUT2D eigenvalue weighted by Gasteiger charge is 2.16. The molecule has 1 aromatic rings. The third-order valence-corrected chi connectivity index (χ3v) is 4.88. The Kier molecular flexibility index (Phi) is 8.60. The van der Waals surface area contributed by atoms with Gasteiger partial charge in [0.15, 0.2) is 0 Å². The molecule has 5 nitrogen and oxygen atoms in total. The summed E-state index contributed by atoms with van der Waals surface area (Å²) in [5.74, 6) is 0.722. The highest BCUT2D eigenvalue weighted by atomic mass is 16.3. The van der Waals surface area contributed by atoms with Crippen molar-refractivity contribution in [3.63, 3.8) is 0 Å². The Morgan fingerprint density at radius 2 is 1.79 bits per heavy atom. The lowest BCUT2D eigenvalue weighted by atomic mass is 9.89. The molecule has 134 valence electrons. The lowest BCUT2D eigenvalue weighted by Crippen LogP contribution is -2.42. The van der Waals surface area contributed by atoms with Gasteiger partial charge >= 0.3 is 6.03 Å². The SMILES string of the molecule is O=C(NCc1ccncc1)N(CCO)CCC1CCCCCCC1. The first-order valence-corrected chi connectivity index (χ1v) is 9.32. The molecule has 0 saturated heterocycles. The van der Waals surface area contributed by atoms with Crippen molar-refractivity contribution in [3.8, 4) is 0 Å². The summed E-state index contributed by atoms with van der Waals surface area (Å²) in [5, 5.41) is 12.2. The Labute approximate surface area is 145 Å². The minimum atomic E-state index is -0.0910. The molecule has 0 aromatic carbocycles. The molecule has 24 heavy (non-hydrogen) atoms. The second kappa shape index (κ2) is 11.0. The molecule has 1 fully saturated rings. The van der Waals surface area contributed by atoms with Crippen molar-refractivity contribution in [1.29, 1.82) is 0 Å². The third kappa shape index (κ3) is 6.87. The molecule has 0 spiro atoms. The van der Waals surface area contributed by atoms with Gasteiger partial charge in [-0.25, -0.2) is 4.79 Å². The summed E-state index contributed by atoms with van der Waals surface area (Å²) in [4.78, 5) is 18.1. The predicted molar refractivity (Wildman–Crippen MR) is 95.6 cm³/mol. The van der Waals surface area contributed by atoms with Gasteiger partial charge in [0, 0.05) is 32.0 Å². The molecule has 0 atom stereocenters. The van der Waals surface area contributed by atoms with Gasteiger partial charge in [-0.15, -0.1) is 0 Å². The van der Waals surface area contributed by atoms with E-state index < -0.39 is 0 Å². The van der Waals surface area contributed by atoms with E-state index in [0.717, 1.165) is 24.4 Å². The first-order chi connectivity index (χ1) is 11.8. The number of hydrogen-bond donors (Lipinski definition) is 2. The summed E-state index contributed by atoms with van der Waals surface area (Å²) in [6, 6.07) is 3.70. The topological polar surface area (TPSA) is 65.5 Å². The third-order valence-electron chi connectivity index (χ3n) is 4.88. The van der Waals surface area contributed by atoms with E-state index in [-0.39, 0.29) is 12.6 Å². The van der Waals surface area contributed by atoms with Crippen molar-refractivity contribution in [2.24, 2.45) is 5.92 Å². The molecule has 1 saturated carbocycles. The lowest BCUT2D eigenvalue weighted by Gasteiger charge is -2.26. The van der Waals surface area contributed by atoms with Crippen LogP contribution in [-0.2, 0) is 6.54 Å². The maximum atomic E-state index is 12.4. The Bertz CT molecular complexity index is 459. The van der Waals surface area contributed by atoms with E-state index in [4.69, 9.17) is 0 Å². The number of pyridine rings is 1.